The molecule has 0 aliphatic rings. The van der Waals surface area contributed by atoms with Crippen LogP contribution in [0, 0.1) is 6.92 Å². The Morgan fingerprint density at radius 2 is 1.80 bits per heavy atom. The van der Waals surface area contributed by atoms with Gasteiger partial charge in [-0.05, 0) is 24.1 Å². The maximum absolute atomic E-state index is 10.0. The molecule has 1 aromatic heterocycles. The molecule has 2 nitrogen and oxygen atoms in total. The largest absolute Gasteiger partial charge is 0.382 e. The minimum absolute atomic E-state index is 0.633. The molecule has 0 aliphatic carbocycles. The van der Waals surface area contributed by atoms with E-state index >= 15 is 0 Å². The summed E-state index contributed by atoms with van der Waals surface area (Å²) in [6.07, 6.45) is 1.13. The second-order valence-electron chi connectivity index (χ2n) is 3.57. The monoisotopic (exact) mass is 199 g/mol. The third-order valence-electron chi connectivity index (χ3n) is 2.33. The molecule has 0 saturated carbocycles. The molecule has 2 aromatic rings. The van der Waals surface area contributed by atoms with Crippen molar-refractivity contribution in [1.82, 2.24) is 4.98 Å². The van der Waals surface area contributed by atoms with Gasteiger partial charge < -0.3 is 5.11 Å². The molecule has 2 heteroatoms. The van der Waals surface area contributed by atoms with Crippen molar-refractivity contribution >= 4 is 0 Å². The van der Waals surface area contributed by atoms with Crippen molar-refractivity contribution in [2.45, 2.75) is 13.0 Å². The van der Waals surface area contributed by atoms with Gasteiger partial charge in [0, 0.05) is 6.20 Å². The fraction of sp³-hybridized carbons (Fsp3) is 0.154. The number of nitrogens with zero attached hydrogens (tertiary/aromatic N) is 1. The first-order chi connectivity index (χ1) is 7.27. The van der Waals surface area contributed by atoms with E-state index in [0.717, 1.165) is 11.1 Å². The molecule has 0 radical (unpaired) electrons. The number of benzene rings is 1. The van der Waals surface area contributed by atoms with Crippen molar-refractivity contribution in [2.75, 3.05) is 0 Å². The van der Waals surface area contributed by atoms with Gasteiger partial charge in [0.2, 0.25) is 0 Å². The molecule has 0 fully saturated rings. The molecular weight excluding hydrogens is 186 g/mol. The molecule has 1 atom stereocenters. The van der Waals surface area contributed by atoms with Gasteiger partial charge in [0.25, 0.3) is 0 Å². The summed E-state index contributed by atoms with van der Waals surface area (Å²) in [7, 11) is 0. The number of aliphatic hydroxyl groups excluding tert-OH is 1. The molecule has 1 heterocycles. The van der Waals surface area contributed by atoms with Gasteiger partial charge in [0.1, 0.15) is 6.10 Å². The van der Waals surface area contributed by atoms with E-state index < -0.39 is 6.10 Å². The van der Waals surface area contributed by atoms with E-state index in [0.29, 0.717) is 5.69 Å². The van der Waals surface area contributed by atoms with Gasteiger partial charge in [0.05, 0.1) is 5.69 Å². The molecule has 0 amide bonds. The second kappa shape index (κ2) is 4.24. The predicted molar refractivity (Wildman–Crippen MR) is 59.5 cm³/mol. The smallest absolute Gasteiger partial charge is 0.121 e. The Bertz CT molecular complexity index is 422. The Labute approximate surface area is 89.2 Å². The summed E-state index contributed by atoms with van der Waals surface area (Å²) < 4.78 is 0. The van der Waals surface area contributed by atoms with Crippen molar-refractivity contribution in [1.29, 1.82) is 0 Å². The summed E-state index contributed by atoms with van der Waals surface area (Å²) in [5.74, 6) is 0. The maximum Gasteiger partial charge on any atom is 0.121 e. The van der Waals surface area contributed by atoms with Crippen LogP contribution in [-0.4, -0.2) is 10.1 Å². The maximum atomic E-state index is 10.0. The van der Waals surface area contributed by atoms with Gasteiger partial charge in [-0.2, -0.15) is 0 Å². The standard InChI is InChI=1S/C13H13NO/c1-10-7-8-12(14-9-10)13(15)11-5-3-2-4-6-11/h2-9,13,15H,1H3. The predicted octanol–water partition coefficient (Wildman–Crippen LogP) is 2.47. The van der Waals surface area contributed by atoms with E-state index in [1.807, 2.05) is 49.4 Å². The topological polar surface area (TPSA) is 33.1 Å². The highest BCUT2D eigenvalue weighted by atomic mass is 16.3. The van der Waals surface area contributed by atoms with Crippen LogP contribution in [0.1, 0.15) is 22.9 Å². The zero-order valence-corrected chi connectivity index (χ0v) is 8.59. The Balaban J connectivity index is 2.29. The Morgan fingerprint density at radius 3 is 2.40 bits per heavy atom. The fourth-order valence-electron chi connectivity index (χ4n) is 1.45. The normalized spacial score (nSPS) is 12.4. The number of hydrogen-bond acceptors (Lipinski definition) is 2. The van der Waals surface area contributed by atoms with E-state index in [4.69, 9.17) is 0 Å². The summed E-state index contributed by atoms with van der Waals surface area (Å²) in [4.78, 5) is 4.20. The zero-order chi connectivity index (χ0) is 10.7. The van der Waals surface area contributed by atoms with Crippen molar-refractivity contribution in [3.05, 3.63) is 65.5 Å². The van der Waals surface area contributed by atoms with Gasteiger partial charge in [-0.25, -0.2) is 0 Å². The van der Waals surface area contributed by atoms with Gasteiger partial charge in [0.15, 0.2) is 0 Å². The van der Waals surface area contributed by atoms with Crippen LogP contribution in [0.3, 0.4) is 0 Å². The third kappa shape index (κ3) is 2.22. The quantitative estimate of drug-likeness (QED) is 0.806. The van der Waals surface area contributed by atoms with Crippen LogP contribution < -0.4 is 0 Å². The van der Waals surface area contributed by atoms with Crippen molar-refractivity contribution in [3.8, 4) is 0 Å². The summed E-state index contributed by atoms with van der Waals surface area (Å²) in [6.45, 7) is 1.98. The van der Waals surface area contributed by atoms with E-state index in [1.165, 1.54) is 0 Å². The minimum atomic E-state index is -0.633. The molecule has 0 aliphatic heterocycles. The Kier molecular flexibility index (Phi) is 2.79. The highest BCUT2D eigenvalue weighted by Gasteiger charge is 2.10. The summed E-state index contributed by atoms with van der Waals surface area (Å²) >= 11 is 0. The highest BCUT2D eigenvalue weighted by Crippen LogP contribution is 2.19. The lowest BCUT2D eigenvalue weighted by Gasteiger charge is -2.10. The molecule has 0 spiro atoms. The number of aliphatic hydroxyl groups is 1. The third-order valence-corrected chi connectivity index (χ3v) is 2.33. The number of aromatic nitrogens is 1. The lowest BCUT2D eigenvalue weighted by molar-refractivity contribution is 0.215. The van der Waals surface area contributed by atoms with Crippen LogP contribution in [0.4, 0.5) is 0 Å². The molecular formula is C13H13NO. The molecule has 76 valence electrons. The first-order valence-electron chi connectivity index (χ1n) is 4.93. The SMILES string of the molecule is Cc1ccc(C(O)c2ccccc2)nc1. The summed E-state index contributed by atoms with van der Waals surface area (Å²) in [5.41, 5.74) is 2.65. The van der Waals surface area contributed by atoms with Gasteiger partial charge >= 0.3 is 0 Å². The van der Waals surface area contributed by atoms with E-state index in [1.54, 1.807) is 6.20 Å². The fourth-order valence-corrected chi connectivity index (χ4v) is 1.45. The molecule has 0 bridgehead atoms. The molecule has 0 saturated heterocycles. The average Bonchev–Trinajstić information content (AvgIpc) is 2.30. The van der Waals surface area contributed by atoms with Crippen molar-refractivity contribution in [2.24, 2.45) is 0 Å². The van der Waals surface area contributed by atoms with E-state index in [9.17, 15) is 5.11 Å². The van der Waals surface area contributed by atoms with Crippen LogP contribution in [0.2, 0.25) is 0 Å². The van der Waals surface area contributed by atoms with Crippen LogP contribution in [0.15, 0.2) is 48.7 Å². The van der Waals surface area contributed by atoms with Crippen LogP contribution >= 0.6 is 0 Å². The molecule has 1 aromatic carbocycles. The highest BCUT2D eigenvalue weighted by molar-refractivity contribution is 5.26. The summed E-state index contributed by atoms with van der Waals surface area (Å²) in [5, 5.41) is 10.0. The Hall–Kier alpha value is -1.67. The van der Waals surface area contributed by atoms with Crippen LogP contribution in [0.25, 0.3) is 0 Å². The average molecular weight is 199 g/mol. The lowest BCUT2D eigenvalue weighted by atomic mass is 10.1. The van der Waals surface area contributed by atoms with Crippen molar-refractivity contribution < 1.29 is 5.11 Å². The summed E-state index contributed by atoms with van der Waals surface area (Å²) in [6, 6.07) is 13.3. The van der Waals surface area contributed by atoms with Gasteiger partial charge in [-0.15, -0.1) is 0 Å². The van der Waals surface area contributed by atoms with Crippen LogP contribution in [0.5, 0.6) is 0 Å². The van der Waals surface area contributed by atoms with Crippen molar-refractivity contribution in [3.63, 3.8) is 0 Å². The van der Waals surface area contributed by atoms with E-state index in [-0.39, 0.29) is 0 Å². The zero-order valence-electron chi connectivity index (χ0n) is 8.59. The van der Waals surface area contributed by atoms with Gasteiger partial charge in [-0.1, -0.05) is 36.4 Å². The molecule has 2 rings (SSSR count). The number of rotatable bonds is 2. The molecule has 15 heavy (non-hydrogen) atoms. The van der Waals surface area contributed by atoms with E-state index in [2.05, 4.69) is 4.98 Å². The molecule has 1 unspecified atom stereocenters. The van der Waals surface area contributed by atoms with Gasteiger partial charge in [-0.3, -0.25) is 4.98 Å². The number of hydrogen-bond donors (Lipinski definition) is 1. The first-order valence-corrected chi connectivity index (χ1v) is 4.93. The van der Waals surface area contributed by atoms with Crippen LogP contribution in [-0.2, 0) is 0 Å². The number of aryl methyl sites for hydroxylation is 1. The Morgan fingerprint density at radius 1 is 1.07 bits per heavy atom. The first kappa shape index (κ1) is 9.87. The lowest BCUT2D eigenvalue weighted by Crippen LogP contribution is -2.01. The molecule has 1 N–H and O–H groups in total. The second-order valence-corrected chi connectivity index (χ2v) is 3.57. The minimum Gasteiger partial charge on any atom is -0.382 e. The number of pyridine rings is 1.